The van der Waals surface area contributed by atoms with Crippen LogP contribution in [-0.2, 0) is 0 Å². The van der Waals surface area contributed by atoms with Crippen LogP contribution >= 0.6 is 39.8 Å². The first-order valence-electron chi connectivity index (χ1n) is 2.89. The molecule has 66 valence electrons. The summed E-state index contributed by atoms with van der Waals surface area (Å²) in [5.74, 6) is 0. The van der Waals surface area contributed by atoms with E-state index in [-0.39, 0.29) is 52.0 Å². The molecule has 0 aliphatic carbocycles. The van der Waals surface area contributed by atoms with Crippen molar-refractivity contribution in [1.29, 1.82) is 0 Å². The summed E-state index contributed by atoms with van der Waals surface area (Å²) in [5, 5.41) is -0.231. The fourth-order valence-electron chi connectivity index (χ4n) is 0.751. The minimum absolute atomic E-state index is 0. The minimum atomic E-state index is -4.69. The van der Waals surface area contributed by atoms with Crippen molar-refractivity contribution >= 4 is 82.8 Å². The molecule has 0 radical (unpaired) electrons. The van der Waals surface area contributed by atoms with E-state index in [1.54, 1.807) is 6.07 Å². The molecule has 0 unspecified atom stereocenters. The Labute approximate surface area is 123 Å². The smallest absolute Gasteiger partial charge is 0.683 e. The van der Waals surface area contributed by atoms with Gasteiger partial charge in [0.15, 0.2) is 0 Å². The van der Waals surface area contributed by atoms with Crippen molar-refractivity contribution < 1.29 is 14.7 Å². The molecule has 1 aromatic rings. The average molecular weight is 354 g/mol. The molecule has 0 amide bonds. The van der Waals surface area contributed by atoms with E-state index in [1.807, 2.05) is 0 Å². The summed E-state index contributed by atoms with van der Waals surface area (Å²) >= 11 is 5.96. The second-order valence-electron chi connectivity index (χ2n) is 2.07. The van der Waals surface area contributed by atoms with Crippen molar-refractivity contribution in [2.75, 3.05) is 0 Å². The number of benzene rings is 1. The largest absolute Gasteiger partial charge is 2.00 e. The molecule has 0 bridgehead atoms. The molecule has 0 saturated heterocycles. The van der Waals surface area contributed by atoms with E-state index >= 15 is 0 Å². The molecule has 7 heteroatoms. The zero-order chi connectivity index (χ0) is 9.35. The normalized spacial score (nSPS) is 10.8. The molecule has 0 spiro atoms. The minimum Gasteiger partial charge on any atom is -0.683 e. The van der Waals surface area contributed by atoms with Gasteiger partial charge in [-0.05, 0) is 44.0 Å². The molecular formula is C6H3Br2CaO3P. The molecule has 1 rings (SSSR count). The van der Waals surface area contributed by atoms with E-state index < -0.39 is 7.94 Å². The van der Waals surface area contributed by atoms with Crippen molar-refractivity contribution in [3.05, 3.63) is 27.1 Å². The molecule has 0 heterocycles. The van der Waals surface area contributed by atoms with Crippen LogP contribution in [0.1, 0.15) is 0 Å². The summed E-state index contributed by atoms with van der Waals surface area (Å²) in [6.07, 6.45) is 0. The van der Waals surface area contributed by atoms with Gasteiger partial charge in [-0.25, -0.2) is 0 Å². The molecule has 0 aliphatic heterocycles. The third kappa shape index (κ3) is 4.01. The van der Waals surface area contributed by atoms with Crippen LogP contribution in [0.25, 0.3) is 0 Å². The standard InChI is InChI=1S/C6H5Br2O3P.Ca/c7-4-2-1-3-5(8)6(4)12(9,10)11;/h1-3H,(H2,9,10,11);/q;+2/p-2. The summed E-state index contributed by atoms with van der Waals surface area (Å²) in [6.45, 7) is 0. The van der Waals surface area contributed by atoms with E-state index in [1.165, 1.54) is 12.1 Å². The summed E-state index contributed by atoms with van der Waals surface area (Å²) in [4.78, 5) is 32.1. The Morgan fingerprint density at radius 2 is 1.38 bits per heavy atom. The Hall–Kier alpha value is 1.75. The van der Waals surface area contributed by atoms with Crippen LogP contribution in [-0.4, -0.2) is 37.7 Å². The predicted octanol–water partition coefficient (Wildman–Crippen LogP) is -0.700. The maximum atomic E-state index is 10.7. The number of hydrogen-bond donors (Lipinski definition) is 0. The van der Waals surface area contributed by atoms with Gasteiger partial charge in [-0.2, -0.15) is 0 Å². The molecule has 1 aromatic carbocycles. The summed E-state index contributed by atoms with van der Waals surface area (Å²) in [6, 6.07) is 4.64. The second kappa shape index (κ2) is 5.73. The third-order valence-corrected chi connectivity index (χ3v) is 4.18. The van der Waals surface area contributed by atoms with Gasteiger partial charge >= 0.3 is 37.7 Å². The van der Waals surface area contributed by atoms with Crippen LogP contribution < -0.4 is 20.0 Å². The van der Waals surface area contributed by atoms with Crippen LogP contribution in [0.2, 0.25) is 0 Å². The molecule has 3 nitrogen and oxygen atoms in total. The van der Waals surface area contributed by atoms with Crippen molar-refractivity contribution in [1.82, 2.24) is 0 Å². The first-order valence-corrected chi connectivity index (χ1v) is 6.02. The number of rotatable bonds is 1. The van der Waals surface area contributed by atoms with Crippen LogP contribution in [0, 0.1) is 0 Å². The predicted molar refractivity (Wildman–Crippen MR) is 54.2 cm³/mol. The molecule has 0 fully saturated rings. The fraction of sp³-hybridized carbons (Fsp3) is 0. The van der Waals surface area contributed by atoms with E-state index in [0.717, 1.165) is 0 Å². The van der Waals surface area contributed by atoms with Gasteiger partial charge in [-0.15, -0.1) is 7.94 Å². The first-order chi connectivity index (χ1) is 5.43. The molecule has 0 N–H and O–H groups in total. The maximum absolute atomic E-state index is 10.7. The Morgan fingerprint density at radius 1 is 1.00 bits per heavy atom. The van der Waals surface area contributed by atoms with Gasteiger partial charge in [-0.1, -0.05) is 6.07 Å². The van der Waals surface area contributed by atoms with Crippen LogP contribution in [0.4, 0.5) is 0 Å². The molecular weight excluding hydrogens is 351 g/mol. The fourth-order valence-corrected chi connectivity index (χ4v) is 3.72. The first kappa shape index (κ1) is 14.7. The Bertz CT molecular complexity index is 282. The Balaban J connectivity index is 0.00000144. The zero-order valence-electron chi connectivity index (χ0n) is 6.37. The summed E-state index contributed by atoms with van der Waals surface area (Å²) in [7, 11) is -4.69. The van der Waals surface area contributed by atoms with Gasteiger partial charge in [0.2, 0.25) is 0 Å². The Kier molecular flexibility index (Phi) is 6.50. The molecule has 0 saturated carbocycles. The van der Waals surface area contributed by atoms with Crippen molar-refractivity contribution in [2.45, 2.75) is 0 Å². The quantitative estimate of drug-likeness (QED) is 0.495. The Morgan fingerprint density at radius 3 is 1.62 bits per heavy atom. The van der Waals surface area contributed by atoms with Gasteiger partial charge in [-0.3, -0.25) is 0 Å². The van der Waals surface area contributed by atoms with E-state index in [4.69, 9.17) is 0 Å². The summed E-state index contributed by atoms with van der Waals surface area (Å²) in [5.41, 5.74) is 0. The SMILES string of the molecule is [Ca+2].[O-][P+]([O-])([O-])c1c(Br)cccc1Br. The topological polar surface area (TPSA) is 69.2 Å². The van der Waals surface area contributed by atoms with Gasteiger partial charge < -0.3 is 14.7 Å². The van der Waals surface area contributed by atoms with E-state index in [9.17, 15) is 14.7 Å². The van der Waals surface area contributed by atoms with Crippen molar-refractivity contribution in [2.24, 2.45) is 0 Å². The van der Waals surface area contributed by atoms with Gasteiger partial charge in [0.05, 0.1) is 8.95 Å². The molecule has 0 atom stereocenters. The van der Waals surface area contributed by atoms with E-state index in [0.29, 0.717) is 0 Å². The second-order valence-corrected chi connectivity index (χ2v) is 5.22. The third-order valence-electron chi connectivity index (χ3n) is 1.21. The van der Waals surface area contributed by atoms with Crippen molar-refractivity contribution in [3.8, 4) is 0 Å². The molecule has 0 aromatic heterocycles. The molecule has 0 aliphatic rings. The van der Waals surface area contributed by atoms with Gasteiger partial charge in [0.25, 0.3) is 0 Å². The van der Waals surface area contributed by atoms with Gasteiger partial charge in [0.1, 0.15) is 5.30 Å². The average Bonchev–Trinajstić information content (AvgIpc) is 1.82. The molecule has 13 heavy (non-hydrogen) atoms. The van der Waals surface area contributed by atoms with Crippen LogP contribution in [0.15, 0.2) is 27.1 Å². The number of hydrogen-bond acceptors (Lipinski definition) is 3. The van der Waals surface area contributed by atoms with Gasteiger partial charge in [0, 0.05) is 0 Å². The zero-order valence-corrected chi connectivity index (χ0v) is 12.6. The monoisotopic (exact) mass is 352 g/mol. The number of halogens is 2. The van der Waals surface area contributed by atoms with Crippen molar-refractivity contribution in [3.63, 3.8) is 0 Å². The van der Waals surface area contributed by atoms with E-state index in [2.05, 4.69) is 31.9 Å². The van der Waals surface area contributed by atoms with Crippen LogP contribution in [0.3, 0.4) is 0 Å². The summed E-state index contributed by atoms with van der Waals surface area (Å²) < 4.78 is 0.565. The van der Waals surface area contributed by atoms with Crippen LogP contribution in [0.5, 0.6) is 0 Å². The maximum Gasteiger partial charge on any atom is 2.00 e.